The molecule has 1 N–H and O–H groups in total. The standard InChI is InChI=1S/C20H22FN3O3/c1-12-15(13(2)23-20(26)16(12)10-22)6-8-19(25)24(3)11-14-5-7-18(27-4)17(21)9-14/h5,7,9H,6,8,11H2,1-4H3,(H,23,26). The molecular formula is C20H22FN3O3. The van der Waals surface area contributed by atoms with Crippen LogP contribution in [0.2, 0.25) is 0 Å². The third-order valence-corrected chi connectivity index (χ3v) is 4.57. The van der Waals surface area contributed by atoms with E-state index in [1.807, 2.05) is 6.07 Å². The number of aromatic amines is 1. The van der Waals surface area contributed by atoms with Gasteiger partial charge in [-0.25, -0.2) is 4.39 Å². The van der Waals surface area contributed by atoms with Crippen LogP contribution in [0.4, 0.5) is 4.39 Å². The number of aromatic nitrogens is 1. The Morgan fingerprint density at radius 3 is 2.67 bits per heavy atom. The number of hydrogen-bond acceptors (Lipinski definition) is 4. The number of nitrogens with one attached hydrogen (secondary N) is 1. The van der Waals surface area contributed by atoms with E-state index in [4.69, 9.17) is 10.00 Å². The number of methoxy groups -OCH3 is 1. The van der Waals surface area contributed by atoms with Gasteiger partial charge < -0.3 is 14.6 Å². The molecule has 27 heavy (non-hydrogen) atoms. The Balaban J connectivity index is 2.07. The van der Waals surface area contributed by atoms with Gasteiger partial charge in [0.15, 0.2) is 11.6 Å². The molecule has 1 aromatic carbocycles. The molecule has 0 saturated heterocycles. The fourth-order valence-corrected chi connectivity index (χ4v) is 3.01. The predicted molar refractivity (Wildman–Crippen MR) is 99.0 cm³/mol. The summed E-state index contributed by atoms with van der Waals surface area (Å²) in [5.74, 6) is -0.431. The molecule has 1 heterocycles. The summed E-state index contributed by atoms with van der Waals surface area (Å²) in [4.78, 5) is 28.4. The summed E-state index contributed by atoms with van der Waals surface area (Å²) in [5.41, 5.74) is 2.37. The third kappa shape index (κ3) is 4.53. The number of hydrogen-bond donors (Lipinski definition) is 1. The number of nitrogens with zero attached hydrogens (tertiary/aromatic N) is 2. The average Bonchev–Trinajstić information content (AvgIpc) is 2.61. The second-order valence-corrected chi connectivity index (χ2v) is 6.39. The van der Waals surface area contributed by atoms with Crippen LogP contribution in [0.15, 0.2) is 23.0 Å². The molecule has 0 spiro atoms. The number of carbonyl (C=O) groups is 1. The van der Waals surface area contributed by atoms with Gasteiger partial charge in [0, 0.05) is 25.7 Å². The maximum atomic E-state index is 13.8. The van der Waals surface area contributed by atoms with Gasteiger partial charge in [-0.3, -0.25) is 9.59 Å². The maximum Gasteiger partial charge on any atom is 0.266 e. The normalized spacial score (nSPS) is 10.4. The highest BCUT2D eigenvalue weighted by molar-refractivity contribution is 5.76. The highest BCUT2D eigenvalue weighted by atomic mass is 19.1. The van der Waals surface area contributed by atoms with Crippen molar-refractivity contribution in [1.29, 1.82) is 5.26 Å². The van der Waals surface area contributed by atoms with E-state index in [0.29, 0.717) is 23.2 Å². The number of H-pyrrole nitrogens is 1. The largest absolute Gasteiger partial charge is 0.494 e. The molecule has 0 radical (unpaired) electrons. The number of rotatable bonds is 6. The van der Waals surface area contributed by atoms with Crippen LogP contribution in [0.1, 0.15) is 34.4 Å². The Morgan fingerprint density at radius 2 is 2.07 bits per heavy atom. The van der Waals surface area contributed by atoms with Gasteiger partial charge in [0.1, 0.15) is 11.6 Å². The van der Waals surface area contributed by atoms with Crippen molar-refractivity contribution in [2.24, 2.45) is 0 Å². The Kier molecular flexibility index (Phi) is 6.35. The lowest BCUT2D eigenvalue weighted by Crippen LogP contribution is -2.27. The van der Waals surface area contributed by atoms with Crippen molar-refractivity contribution in [2.45, 2.75) is 33.2 Å². The van der Waals surface area contributed by atoms with Gasteiger partial charge in [0.2, 0.25) is 5.91 Å². The van der Waals surface area contributed by atoms with Gasteiger partial charge in [0.25, 0.3) is 5.56 Å². The van der Waals surface area contributed by atoms with E-state index in [1.165, 1.54) is 24.1 Å². The smallest absolute Gasteiger partial charge is 0.266 e. The molecule has 0 aliphatic carbocycles. The Hall–Kier alpha value is -3.14. The monoisotopic (exact) mass is 371 g/mol. The van der Waals surface area contributed by atoms with Crippen LogP contribution >= 0.6 is 0 Å². The zero-order valence-corrected chi connectivity index (χ0v) is 15.9. The fraction of sp³-hybridized carbons (Fsp3) is 0.350. The van der Waals surface area contributed by atoms with Crippen LogP contribution in [-0.2, 0) is 17.8 Å². The van der Waals surface area contributed by atoms with Crippen molar-refractivity contribution >= 4 is 5.91 Å². The van der Waals surface area contributed by atoms with Crippen molar-refractivity contribution in [3.05, 3.63) is 62.3 Å². The second-order valence-electron chi connectivity index (χ2n) is 6.39. The predicted octanol–water partition coefficient (Wildman–Crippen LogP) is 2.60. The van der Waals surface area contributed by atoms with Crippen LogP contribution in [-0.4, -0.2) is 29.9 Å². The molecule has 0 atom stereocenters. The van der Waals surface area contributed by atoms with E-state index >= 15 is 0 Å². The number of ether oxygens (including phenoxy) is 1. The third-order valence-electron chi connectivity index (χ3n) is 4.57. The van der Waals surface area contributed by atoms with E-state index in [9.17, 15) is 14.0 Å². The quantitative estimate of drug-likeness (QED) is 0.846. The number of aryl methyl sites for hydroxylation is 1. The van der Waals surface area contributed by atoms with Crippen LogP contribution in [0.5, 0.6) is 5.75 Å². The minimum absolute atomic E-state index is 0.0742. The van der Waals surface area contributed by atoms with Crippen molar-refractivity contribution < 1.29 is 13.9 Å². The lowest BCUT2D eigenvalue weighted by Gasteiger charge is -2.18. The molecule has 1 aromatic heterocycles. The second kappa shape index (κ2) is 8.49. The van der Waals surface area contributed by atoms with Gasteiger partial charge in [0.05, 0.1) is 7.11 Å². The summed E-state index contributed by atoms with van der Waals surface area (Å²) in [5, 5.41) is 9.12. The number of pyridine rings is 1. The SMILES string of the molecule is COc1ccc(CN(C)C(=O)CCc2c(C)[nH]c(=O)c(C#N)c2C)cc1F. The lowest BCUT2D eigenvalue weighted by molar-refractivity contribution is -0.130. The van der Waals surface area contributed by atoms with Gasteiger partial charge in [-0.2, -0.15) is 5.26 Å². The Bertz CT molecular complexity index is 960. The van der Waals surface area contributed by atoms with E-state index in [-0.39, 0.29) is 30.2 Å². The van der Waals surface area contributed by atoms with E-state index in [2.05, 4.69) is 4.98 Å². The summed E-state index contributed by atoms with van der Waals surface area (Å²) in [6, 6.07) is 6.49. The van der Waals surface area contributed by atoms with Crippen molar-refractivity contribution in [1.82, 2.24) is 9.88 Å². The Morgan fingerprint density at radius 1 is 1.37 bits per heavy atom. The first-order valence-electron chi connectivity index (χ1n) is 8.47. The summed E-state index contributed by atoms with van der Waals surface area (Å²) >= 11 is 0. The minimum atomic E-state index is -0.473. The highest BCUT2D eigenvalue weighted by Crippen LogP contribution is 2.19. The fourth-order valence-electron chi connectivity index (χ4n) is 3.01. The molecule has 0 unspecified atom stereocenters. The lowest BCUT2D eigenvalue weighted by atomic mass is 9.99. The van der Waals surface area contributed by atoms with Gasteiger partial charge in [-0.05, 0) is 49.1 Å². The molecular weight excluding hydrogens is 349 g/mol. The van der Waals surface area contributed by atoms with Crippen LogP contribution < -0.4 is 10.3 Å². The molecule has 0 aliphatic rings. The topological polar surface area (TPSA) is 86.2 Å². The molecule has 0 aliphatic heterocycles. The summed E-state index contributed by atoms with van der Waals surface area (Å²) < 4.78 is 18.7. The number of carbonyl (C=O) groups excluding carboxylic acids is 1. The molecule has 0 fully saturated rings. The van der Waals surface area contributed by atoms with E-state index in [1.54, 1.807) is 27.0 Å². The molecule has 1 amide bonds. The van der Waals surface area contributed by atoms with Gasteiger partial charge in [-0.1, -0.05) is 6.07 Å². The van der Waals surface area contributed by atoms with E-state index < -0.39 is 11.4 Å². The number of nitriles is 1. The number of amides is 1. The summed E-state index contributed by atoms with van der Waals surface area (Å²) in [6.07, 6.45) is 0.622. The van der Waals surface area contributed by atoms with Crippen molar-refractivity contribution in [3.63, 3.8) is 0 Å². The molecule has 2 aromatic rings. The molecule has 2 rings (SSSR count). The first-order valence-corrected chi connectivity index (χ1v) is 8.47. The molecule has 0 saturated carbocycles. The zero-order valence-electron chi connectivity index (χ0n) is 15.9. The van der Waals surface area contributed by atoms with Crippen molar-refractivity contribution in [3.8, 4) is 11.8 Å². The number of halogens is 1. The average molecular weight is 371 g/mol. The first-order chi connectivity index (χ1) is 12.8. The minimum Gasteiger partial charge on any atom is -0.494 e. The van der Waals surface area contributed by atoms with Crippen LogP contribution in [0.25, 0.3) is 0 Å². The maximum absolute atomic E-state index is 13.8. The van der Waals surface area contributed by atoms with E-state index in [0.717, 1.165) is 5.56 Å². The van der Waals surface area contributed by atoms with Gasteiger partial charge in [-0.15, -0.1) is 0 Å². The van der Waals surface area contributed by atoms with Crippen molar-refractivity contribution in [2.75, 3.05) is 14.2 Å². The molecule has 7 heteroatoms. The molecule has 6 nitrogen and oxygen atoms in total. The Labute approximate surface area is 157 Å². The van der Waals surface area contributed by atoms with Crippen LogP contribution in [0.3, 0.4) is 0 Å². The molecule has 0 bridgehead atoms. The highest BCUT2D eigenvalue weighted by Gasteiger charge is 2.15. The zero-order chi connectivity index (χ0) is 20.1. The van der Waals surface area contributed by atoms with Gasteiger partial charge >= 0.3 is 0 Å². The molecule has 142 valence electrons. The number of benzene rings is 1. The first kappa shape index (κ1) is 20.2. The summed E-state index contributed by atoms with van der Waals surface area (Å²) in [6.45, 7) is 3.73. The summed E-state index contributed by atoms with van der Waals surface area (Å²) in [7, 11) is 3.05. The van der Waals surface area contributed by atoms with Crippen LogP contribution in [0, 0.1) is 31.0 Å².